The van der Waals surface area contributed by atoms with Gasteiger partial charge in [0.15, 0.2) is 5.82 Å². The fourth-order valence-corrected chi connectivity index (χ4v) is 2.90. The highest BCUT2D eigenvalue weighted by Crippen LogP contribution is 2.37. The second kappa shape index (κ2) is 6.03. The zero-order chi connectivity index (χ0) is 19.3. The Bertz CT molecular complexity index is 745. The van der Waals surface area contributed by atoms with Crippen molar-refractivity contribution in [2.24, 2.45) is 0 Å². The molecule has 2 aliphatic heterocycles. The van der Waals surface area contributed by atoms with Crippen LogP contribution in [0.15, 0.2) is 12.3 Å². The number of rotatable bonds is 0. The minimum atomic E-state index is -4.54. The minimum absolute atomic E-state index is 0.0202. The molecule has 0 saturated carbocycles. The van der Waals surface area contributed by atoms with Gasteiger partial charge in [-0.25, -0.2) is 9.78 Å². The zero-order valence-corrected chi connectivity index (χ0v) is 14.6. The first-order valence-electron chi connectivity index (χ1n) is 8.08. The van der Waals surface area contributed by atoms with Crippen molar-refractivity contribution in [3.63, 3.8) is 0 Å². The monoisotopic (exact) mass is 372 g/mol. The summed E-state index contributed by atoms with van der Waals surface area (Å²) in [4.78, 5) is 31.5. The Morgan fingerprint density at radius 2 is 2.00 bits per heavy atom. The third-order valence-electron chi connectivity index (χ3n) is 4.06. The molecule has 26 heavy (non-hydrogen) atoms. The molecule has 0 aromatic carbocycles. The number of nitrogens with zero attached hydrogens (tertiary/aromatic N) is 3. The Morgan fingerprint density at radius 3 is 2.62 bits per heavy atom. The van der Waals surface area contributed by atoms with Crippen molar-refractivity contribution in [2.45, 2.75) is 38.6 Å². The first-order valence-corrected chi connectivity index (χ1v) is 8.08. The molecule has 0 aliphatic carbocycles. The molecule has 1 aromatic heterocycles. The molecule has 3 rings (SSSR count). The Balaban J connectivity index is 1.81. The number of amides is 2. The van der Waals surface area contributed by atoms with Crippen molar-refractivity contribution in [3.8, 4) is 0 Å². The van der Waals surface area contributed by atoms with Crippen LogP contribution in [0.5, 0.6) is 0 Å². The molecule has 1 saturated heterocycles. The minimum Gasteiger partial charge on any atom is -0.444 e. The van der Waals surface area contributed by atoms with E-state index in [9.17, 15) is 22.8 Å². The number of pyridine rings is 1. The molecule has 2 aliphatic rings. The van der Waals surface area contributed by atoms with Gasteiger partial charge in [-0.05, 0) is 26.8 Å². The molecule has 0 spiro atoms. The van der Waals surface area contributed by atoms with Crippen molar-refractivity contribution in [1.29, 1.82) is 0 Å². The quantitative estimate of drug-likeness (QED) is 0.757. The standard InChI is InChI=1S/C16H19F3N4O3/c1-15(2,3)26-14(25)22-4-5-23-11(8-22)13(24)21-10-6-9(16(17,18)19)7-20-12(10)23/h6-7,11H,4-5,8H2,1-3H3,(H,21,24)/t11-/m0/s1. The van der Waals surface area contributed by atoms with Crippen LogP contribution in [-0.4, -0.2) is 53.2 Å². The van der Waals surface area contributed by atoms with E-state index in [0.29, 0.717) is 0 Å². The number of carbonyl (C=O) groups excluding carboxylic acids is 2. The highest BCUT2D eigenvalue weighted by molar-refractivity contribution is 6.03. The van der Waals surface area contributed by atoms with E-state index in [1.54, 1.807) is 25.7 Å². The van der Waals surface area contributed by atoms with Gasteiger partial charge in [-0.15, -0.1) is 0 Å². The smallest absolute Gasteiger partial charge is 0.417 e. The lowest BCUT2D eigenvalue weighted by atomic mass is 10.1. The molecule has 142 valence electrons. The van der Waals surface area contributed by atoms with Gasteiger partial charge >= 0.3 is 12.3 Å². The largest absolute Gasteiger partial charge is 0.444 e. The highest BCUT2D eigenvalue weighted by atomic mass is 19.4. The molecule has 0 unspecified atom stereocenters. The third-order valence-corrected chi connectivity index (χ3v) is 4.06. The van der Waals surface area contributed by atoms with Crippen LogP contribution in [0, 0.1) is 0 Å². The van der Waals surface area contributed by atoms with Crippen LogP contribution >= 0.6 is 0 Å². The van der Waals surface area contributed by atoms with E-state index in [4.69, 9.17) is 4.74 Å². The van der Waals surface area contributed by atoms with Crippen LogP contribution in [0.2, 0.25) is 0 Å². The van der Waals surface area contributed by atoms with Crippen LogP contribution in [-0.2, 0) is 15.7 Å². The Hall–Kier alpha value is -2.52. The number of aromatic nitrogens is 1. The van der Waals surface area contributed by atoms with E-state index >= 15 is 0 Å². The first kappa shape index (κ1) is 18.3. The summed E-state index contributed by atoms with van der Waals surface area (Å²) in [6, 6.07) is 0.143. The number of fused-ring (bicyclic) bond motifs is 3. The molecule has 1 fully saturated rings. The average Bonchev–Trinajstić information content (AvgIpc) is 2.51. The predicted octanol–water partition coefficient (Wildman–Crippen LogP) is 2.48. The fourth-order valence-electron chi connectivity index (χ4n) is 2.90. The molecule has 3 heterocycles. The average molecular weight is 372 g/mol. The summed E-state index contributed by atoms with van der Waals surface area (Å²) in [6.07, 6.45) is -4.33. The summed E-state index contributed by atoms with van der Waals surface area (Å²) in [6.45, 7) is 5.85. The first-order chi connectivity index (χ1) is 12.0. The maximum atomic E-state index is 12.8. The number of piperazine rings is 1. The Labute approximate surface area is 148 Å². The summed E-state index contributed by atoms with van der Waals surface area (Å²) < 4.78 is 43.8. The van der Waals surface area contributed by atoms with Crippen molar-refractivity contribution in [1.82, 2.24) is 9.88 Å². The van der Waals surface area contributed by atoms with Crippen LogP contribution in [0.1, 0.15) is 26.3 Å². The second-order valence-electron chi connectivity index (χ2n) is 7.22. The molecule has 1 aromatic rings. The van der Waals surface area contributed by atoms with Gasteiger partial charge in [0.25, 0.3) is 0 Å². The molecule has 0 radical (unpaired) electrons. The number of nitrogens with one attached hydrogen (secondary N) is 1. The van der Waals surface area contributed by atoms with Gasteiger partial charge in [0.1, 0.15) is 11.6 Å². The highest BCUT2D eigenvalue weighted by Gasteiger charge is 2.41. The molecular weight excluding hydrogens is 353 g/mol. The number of hydrogen-bond donors (Lipinski definition) is 1. The normalized spacial score (nSPS) is 20.2. The number of ether oxygens (including phenoxy) is 1. The third kappa shape index (κ3) is 3.54. The summed E-state index contributed by atoms with van der Waals surface area (Å²) >= 11 is 0. The number of halogens is 3. The maximum Gasteiger partial charge on any atom is 0.417 e. The Kier molecular flexibility index (Phi) is 4.24. The lowest BCUT2D eigenvalue weighted by molar-refractivity contribution is -0.137. The van der Waals surface area contributed by atoms with Crippen LogP contribution in [0.3, 0.4) is 0 Å². The van der Waals surface area contributed by atoms with Gasteiger partial charge in [0.05, 0.1) is 17.8 Å². The topological polar surface area (TPSA) is 74.8 Å². The molecule has 10 heteroatoms. The summed E-state index contributed by atoms with van der Waals surface area (Å²) in [7, 11) is 0. The van der Waals surface area contributed by atoms with Gasteiger partial charge in [-0.3, -0.25) is 4.79 Å². The summed E-state index contributed by atoms with van der Waals surface area (Å²) in [5.41, 5.74) is -1.57. The molecular formula is C16H19F3N4O3. The molecule has 1 N–H and O–H groups in total. The van der Waals surface area contributed by atoms with E-state index in [0.717, 1.165) is 12.3 Å². The van der Waals surface area contributed by atoms with Gasteiger partial charge in [-0.1, -0.05) is 0 Å². The number of alkyl halides is 3. The SMILES string of the molecule is CC(C)(C)OC(=O)N1CCN2c3ncc(C(F)(F)F)cc3NC(=O)[C@@H]2C1. The van der Waals surface area contributed by atoms with E-state index in [2.05, 4.69) is 10.3 Å². The van der Waals surface area contributed by atoms with E-state index in [-0.39, 0.29) is 31.1 Å². The van der Waals surface area contributed by atoms with Gasteiger partial charge in [0, 0.05) is 19.3 Å². The zero-order valence-electron chi connectivity index (χ0n) is 14.6. The Morgan fingerprint density at radius 1 is 1.31 bits per heavy atom. The predicted molar refractivity (Wildman–Crippen MR) is 86.8 cm³/mol. The lowest BCUT2D eigenvalue weighted by Crippen LogP contribution is -2.61. The molecule has 2 amide bonds. The van der Waals surface area contributed by atoms with Crippen LogP contribution < -0.4 is 10.2 Å². The second-order valence-corrected chi connectivity index (χ2v) is 7.22. The summed E-state index contributed by atoms with van der Waals surface area (Å²) in [5, 5.41) is 2.46. The van der Waals surface area contributed by atoms with Crippen molar-refractivity contribution in [2.75, 3.05) is 29.9 Å². The number of hydrogen-bond acceptors (Lipinski definition) is 5. The van der Waals surface area contributed by atoms with E-state index in [1.807, 2.05) is 0 Å². The van der Waals surface area contributed by atoms with Crippen LogP contribution in [0.25, 0.3) is 0 Å². The number of anilines is 2. The maximum absolute atomic E-state index is 12.8. The molecule has 1 atom stereocenters. The van der Waals surface area contributed by atoms with Gasteiger partial charge in [0.2, 0.25) is 5.91 Å². The van der Waals surface area contributed by atoms with Crippen molar-refractivity contribution in [3.05, 3.63) is 17.8 Å². The molecule has 7 nitrogen and oxygen atoms in total. The van der Waals surface area contributed by atoms with E-state index < -0.39 is 35.4 Å². The van der Waals surface area contributed by atoms with E-state index in [1.165, 1.54) is 4.90 Å². The fraction of sp³-hybridized carbons (Fsp3) is 0.562. The number of carbonyl (C=O) groups is 2. The summed E-state index contributed by atoms with van der Waals surface area (Å²) in [5.74, 6) is -0.210. The molecule has 0 bridgehead atoms. The van der Waals surface area contributed by atoms with Gasteiger partial charge < -0.3 is 19.9 Å². The van der Waals surface area contributed by atoms with Gasteiger partial charge in [-0.2, -0.15) is 13.2 Å². The lowest BCUT2D eigenvalue weighted by Gasteiger charge is -2.44. The van der Waals surface area contributed by atoms with Crippen LogP contribution in [0.4, 0.5) is 29.5 Å². The van der Waals surface area contributed by atoms with Crippen molar-refractivity contribution >= 4 is 23.5 Å². The van der Waals surface area contributed by atoms with Crippen molar-refractivity contribution < 1.29 is 27.5 Å².